The minimum Gasteiger partial charge on any atom is -0.450 e. The Morgan fingerprint density at radius 1 is 1.21 bits per heavy atom. The predicted octanol–water partition coefficient (Wildman–Crippen LogP) is 6.47. The lowest BCUT2D eigenvalue weighted by Crippen LogP contribution is -2.17. The number of carbonyl (C=O) groups is 1. The van der Waals surface area contributed by atoms with Gasteiger partial charge < -0.3 is 8.98 Å². The lowest BCUT2D eigenvalue weighted by Gasteiger charge is -2.08. The maximum absolute atomic E-state index is 12.4. The van der Waals surface area contributed by atoms with Crippen LogP contribution in [0.2, 0.25) is 5.02 Å². The summed E-state index contributed by atoms with van der Waals surface area (Å²) in [4.78, 5) is 12.4. The van der Waals surface area contributed by atoms with Crippen LogP contribution >= 0.6 is 43.5 Å². The van der Waals surface area contributed by atoms with Crippen LogP contribution in [0.15, 0.2) is 73.2 Å². The summed E-state index contributed by atoms with van der Waals surface area (Å²) in [5, 5.41) is 5.57. The number of benzene rings is 2. The van der Waals surface area contributed by atoms with Gasteiger partial charge in [-0.25, -0.2) is 5.43 Å². The topological polar surface area (TPSA) is 59.5 Å². The summed E-state index contributed by atoms with van der Waals surface area (Å²) in [5.41, 5.74) is 5.82. The van der Waals surface area contributed by atoms with Crippen molar-refractivity contribution < 1.29 is 9.21 Å². The molecule has 0 saturated heterocycles. The van der Waals surface area contributed by atoms with Gasteiger partial charge in [-0.2, -0.15) is 5.10 Å². The molecule has 0 aliphatic rings. The molecule has 0 atom stereocenters. The van der Waals surface area contributed by atoms with Gasteiger partial charge in [-0.3, -0.25) is 4.79 Å². The first-order chi connectivity index (χ1) is 13.9. The standard InChI is InChI=1S/C21H14Br2ClN3O2/c1-12-4-5-15(10-18(12)24)27-6-2-3-16(27)11-25-26-21(28)19-8-13-7-14(22)9-17(23)20(13)29-19/h2-11H,1H3,(H,26,28)/b25-11-. The van der Waals surface area contributed by atoms with Gasteiger partial charge in [0.15, 0.2) is 5.76 Å². The zero-order chi connectivity index (χ0) is 20.5. The smallest absolute Gasteiger partial charge is 0.307 e. The number of halogens is 3. The fourth-order valence-electron chi connectivity index (χ4n) is 2.87. The molecule has 0 aliphatic heterocycles. The molecule has 0 bridgehead atoms. The second-order valence-corrected chi connectivity index (χ2v) is 8.53. The minimum absolute atomic E-state index is 0.177. The van der Waals surface area contributed by atoms with Crippen LogP contribution in [0.25, 0.3) is 16.7 Å². The first-order valence-corrected chi connectivity index (χ1v) is 10.5. The Kier molecular flexibility index (Phi) is 5.63. The van der Waals surface area contributed by atoms with Gasteiger partial charge in [-0.1, -0.05) is 33.6 Å². The largest absolute Gasteiger partial charge is 0.450 e. The zero-order valence-electron chi connectivity index (χ0n) is 15.1. The van der Waals surface area contributed by atoms with E-state index in [1.165, 1.54) is 0 Å². The fraction of sp³-hybridized carbons (Fsp3) is 0.0476. The number of nitrogens with zero attached hydrogens (tertiary/aromatic N) is 2. The zero-order valence-corrected chi connectivity index (χ0v) is 19.0. The van der Waals surface area contributed by atoms with E-state index in [0.29, 0.717) is 10.6 Å². The average Bonchev–Trinajstić information content (AvgIpc) is 3.31. The van der Waals surface area contributed by atoms with Crippen LogP contribution in [-0.4, -0.2) is 16.7 Å². The summed E-state index contributed by atoms with van der Waals surface area (Å²) in [6, 6.07) is 15.0. The second kappa shape index (κ2) is 8.18. The molecule has 146 valence electrons. The Hall–Kier alpha value is -2.35. The van der Waals surface area contributed by atoms with Crippen molar-refractivity contribution in [3.63, 3.8) is 0 Å². The Bertz CT molecular complexity index is 1260. The van der Waals surface area contributed by atoms with Crippen molar-refractivity contribution in [2.45, 2.75) is 6.92 Å². The number of nitrogens with one attached hydrogen (secondary N) is 1. The van der Waals surface area contributed by atoms with E-state index in [1.807, 2.05) is 60.2 Å². The Morgan fingerprint density at radius 3 is 2.83 bits per heavy atom. The van der Waals surface area contributed by atoms with Crippen molar-refractivity contribution in [1.29, 1.82) is 0 Å². The highest BCUT2D eigenvalue weighted by Gasteiger charge is 2.14. The van der Waals surface area contributed by atoms with Gasteiger partial charge in [-0.15, -0.1) is 0 Å². The summed E-state index contributed by atoms with van der Waals surface area (Å²) in [5.74, 6) is -0.256. The number of rotatable bonds is 4. The highest BCUT2D eigenvalue weighted by Crippen LogP contribution is 2.31. The number of hydrazone groups is 1. The van der Waals surface area contributed by atoms with Crippen LogP contribution in [0.5, 0.6) is 0 Å². The number of aromatic nitrogens is 1. The van der Waals surface area contributed by atoms with Crippen molar-refractivity contribution >= 4 is 66.6 Å². The van der Waals surface area contributed by atoms with Crippen LogP contribution in [0, 0.1) is 6.92 Å². The summed E-state index contributed by atoms with van der Waals surface area (Å²) < 4.78 is 9.23. The van der Waals surface area contributed by atoms with E-state index in [9.17, 15) is 4.79 Å². The van der Waals surface area contributed by atoms with Crippen molar-refractivity contribution in [3.05, 3.63) is 85.7 Å². The van der Waals surface area contributed by atoms with E-state index in [-0.39, 0.29) is 5.76 Å². The first-order valence-electron chi connectivity index (χ1n) is 8.58. The SMILES string of the molecule is Cc1ccc(-n2cccc2/C=N\NC(=O)c2cc3cc(Br)cc(Br)c3o2)cc1Cl. The molecular formula is C21H14Br2ClN3O2. The number of hydrogen-bond donors (Lipinski definition) is 1. The molecule has 0 aliphatic carbocycles. The maximum atomic E-state index is 12.4. The minimum atomic E-state index is -0.433. The summed E-state index contributed by atoms with van der Waals surface area (Å²) >= 11 is 13.1. The molecule has 0 spiro atoms. The lowest BCUT2D eigenvalue weighted by atomic mass is 10.2. The van der Waals surface area contributed by atoms with Gasteiger partial charge in [-0.05, 0) is 70.9 Å². The van der Waals surface area contributed by atoms with E-state index in [2.05, 4.69) is 42.4 Å². The normalized spacial score (nSPS) is 11.4. The summed E-state index contributed by atoms with van der Waals surface area (Å²) in [6.07, 6.45) is 3.47. The van der Waals surface area contributed by atoms with Crippen LogP contribution in [0.3, 0.4) is 0 Å². The third-order valence-corrected chi connectivity index (χ3v) is 5.79. The number of aryl methyl sites for hydroxylation is 1. The molecule has 2 aromatic carbocycles. The fourth-order valence-corrected chi connectivity index (χ4v) is 4.38. The van der Waals surface area contributed by atoms with E-state index in [0.717, 1.165) is 31.3 Å². The monoisotopic (exact) mass is 533 g/mol. The first kappa shape index (κ1) is 19.9. The quantitative estimate of drug-likeness (QED) is 0.240. The lowest BCUT2D eigenvalue weighted by molar-refractivity contribution is 0.0929. The highest BCUT2D eigenvalue weighted by molar-refractivity contribution is 9.11. The van der Waals surface area contributed by atoms with E-state index < -0.39 is 5.91 Å². The van der Waals surface area contributed by atoms with Crippen LogP contribution in [0.4, 0.5) is 0 Å². The molecule has 0 saturated carbocycles. The number of carbonyl (C=O) groups excluding carboxylic acids is 1. The molecule has 5 nitrogen and oxygen atoms in total. The molecule has 4 rings (SSSR count). The third kappa shape index (κ3) is 4.17. The molecular weight excluding hydrogens is 522 g/mol. The van der Waals surface area contributed by atoms with Crippen molar-refractivity contribution in [2.24, 2.45) is 5.10 Å². The molecule has 0 fully saturated rings. The Labute approximate surface area is 188 Å². The molecule has 0 unspecified atom stereocenters. The Balaban J connectivity index is 1.53. The summed E-state index contributed by atoms with van der Waals surface area (Å²) in [6.45, 7) is 1.95. The molecule has 0 radical (unpaired) electrons. The van der Waals surface area contributed by atoms with Crippen LogP contribution in [-0.2, 0) is 0 Å². The summed E-state index contributed by atoms with van der Waals surface area (Å²) in [7, 11) is 0. The molecule has 8 heteroatoms. The number of furan rings is 1. The van der Waals surface area contributed by atoms with Gasteiger partial charge in [0, 0.05) is 26.8 Å². The number of fused-ring (bicyclic) bond motifs is 1. The van der Waals surface area contributed by atoms with Gasteiger partial charge >= 0.3 is 5.91 Å². The van der Waals surface area contributed by atoms with Crippen molar-refractivity contribution in [1.82, 2.24) is 9.99 Å². The predicted molar refractivity (Wildman–Crippen MR) is 122 cm³/mol. The Morgan fingerprint density at radius 2 is 2.03 bits per heavy atom. The van der Waals surface area contributed by atoms with Crippen molar-refractivity contribution in [3.8, 4) is 5.69 Å². The molecule has 1 amide bonds. The van der Waals surface area contributed by atoms with Crippen LogP contribution in [0.1, 0.15) is 21.8 Å². The van der Waals surface area contributed by atoms with Gasteiger partial charge in [0.25, 0.3) is 0 Å². The van der Waals surface area contributed by atoms with Gasteiger partial charge in [0.2, 0.25) is 0 Å². The van der Waals surface area contributed by atoms with Crippen LogP contribution < -0.4 is 5.43 Å². The molecule has 2 aromatic heterocycles. The van der Waals surface area contributed by atoms with E-state index in [1.54, 1.807) is 12.3 Å². The molecule has 29 heavy (non-hydrogen) atoms. The van der Waals surface area contributed by atoms with Crippen molar-refractivity contribution in [2.75, 3.05) is 0 Å². The van der Waals surface area contributed by atoms with E-state index >= 15 is 0 Å². The second-order valence-electron chi connectivity index (χ2n) is 6.35. The molecule has 4 aromatic rings. The molecule has 1 N–H and O–H groups in total. The number of amides is 1. The number of hydrogen-bond acceptors (Lipinski definition) is 3. The average molecular weight is 536 g/mol. The highest BCUT2D eigenvalue weighted by atomic mass is 79.9. The van der Waals surface area contributed by atoms with Gasteiger partial charge in [0.1, 0.15) is 5.58 Å². The van der Waals surface area contributed by atoms with Gasteiger partial charge in [0.05, 0.1) is 16.4 Å². The molecule has 2 heterocycles. The van der Waals surface area contributed by atoms with E-state index in [4.69, 9.17) is 16.0 Å². The third-order valence-electron chi connectivity index (χ3n) is 4.34. The maximum Gasteiger partial charge on any atom is 0.307 e.